The van der Waals surface area contributed by atoms with Gasteiger partial charge in [0.15, 0.2) is 5.78 Å². The van der Waals surface area contributed by atoms with Crippen LogP contribution in [0.4, 0.5) is 18.9 Å². The van der Waals surface area contributed by atoms with Gasteiger partial charge in [-0.1, -0.05) is 66.7 Å². The van der Waals surface area contributed by atoms with E-state index in [0.29, 0.717) is 28.3 Å². The number of anilines is 1. The number of rotatable bonds is 7. The third-order valence-corrected chi connectivity index (χ3v) is 5.93. The van der Waals surface area contributed by atoms with Gasteiger partial charge in [-0.05, 0) is 23.3 Å². The summed E-state index contributed by atoms with van der Waals surface area (Å²) in [6.07, 6.45) is -4.56. The molecule has 1 aliphatic heterocycles. The molecule has 0 aliphatic carbocycles. The van der Waals surface area contributed by atoms with E-state index in [0.717, 1.165) is 0 Å². The Kier molecular flexibility index (Phi) is 6.63. The maximum Gasteiger partial charge on any atom is 0.397 e. The van der Waals surface area contributed by atoms with Crippen molar-refractivity contribution >= 4 is 17.2 Å². The number of alkyl halides is 3. The minimum Gasteiger partial charge on any atom is -0.497 e. The van der Waals surface area contributed by atoms with E-state index in [2.05, 4.69) is 5.32 Å². The molecule has 0 aromatic heterocycles. The molecule has 2 atom stereocenters. The summed E-state index contributed by atoms with van der Waals surface area (Å²) >= 11 is 0. The van der Waals surface area contributed by atoms with E-state index in [-0.39, 0.29) is 12.1 Å². The molecule has 7 heteroatoms. The van der Waals surface area contributed by atoms with E-state index < -0.39 is 23.9 Å². The molecular weight excluding hydrogens is 441 g/mol. The molecule has 1 N–H and O–H groups in total. The first-order valence-electron chi connectivity index (χ1n) is 10.9. The second-order valence-corrected chi connectivity index (χ2v) is 8.19. The van der Waals surface area contributed by atoms with Crippen molar-refractivity contribution in [3.8, 4) is 5.75 Å². The smallest absolute Gasteiger partial charge is 0.397 e. The van der Waals surface area contributed by atoms with Crippen molar-refractivity contribution < 1.29 is 22.7 Å². The van der Waals surface area contributed by atoms with E-state index in [4.69, 9.17) is 4.74 Å². The van der Waals surface area contributed by atoms with Crippen molar-refractivity contribution in [1.82, 2.24) is 4.90 Å². The van der Waals surface area contributed by atoms with Gasteiger partial charge < -0.3 is 15.0 Å². The van der Waals surface area contributed by atoms with Gasteiger partial charge in [0, 0.05) is 30.9 Å². The van der Waals surface area contributed by atoms with Gasteiger partial charge in [0.05, 0.1) is 12.8 Å². The third-order valence-electron chi connectivity index (χ3n) is 5.93. The number of halogens is 3. The molecule has 3 aromatic carbocycles. The lowest BCUT2D eigenvalue weighted by Gasteiger charge is -2.24. The molecule has 1 aliphatic rings. The average Bonchev–Trinajstić information content (AvgIpc) is 3.21. The molecule has 0 amide bonds. The summed E-state index contributed by atoms with van der Waals surface area (Å²) in [6.45, 7) is -0.310. The van der Waals surface area contributed by atoms with Gasteiger partial charge in [0.25, 0.3) is 0 Å². The van der Waals surface area contributed by atoms with E-state index >= 15 is 0 Å². The van der Waals surface area contributed by atoms with Crippen LogP contribution in [0.1, 0.15) is 17.2 Å². The Bertz CT molecular complexity index is 1180. The first kappa shape index (κ1) is 23.4. The Hall–Kier alpha value is -3.74. The highest BCUT2D eigenvalue weighted by atomic mass is 19.4. The lowest BCUT2D eigenvalue weighted by atomic mass is 9.88. The van der Waals surface area contributed by atoms with Gasteiger partial charge >= 0.3 is 6.18 Å². The molecule has 0 saturated heterocycles. The summed E-state index contributed by atoms with van der Waals surface area (Å²) in [6, 6.07) is 23.5. The number of ketones is 1. The lowest BCUT2D eigenvalue weighted by molar-refractivity contribution is -0.165. The van der Waals surface area contributed by atoms with Crippen LogP contribution in [-0.4, -0.2) is 37.6 Å². The molecule has 2 unspecified atom stereocenters. The van der Waals surface area contributed by atoms with Crippen molar-refractivity contribution in [2.45, 2.75) is 12.2 Å². The zero-order valence-electron chi connectivity index (χ0n) is 18.8. The zero-order valence-corrected chi connectivity index (χ0v) is 18.8. The largest absolute Gasteiger partial charge is 0.497 e. The first-order chi connectivity index (χ1) is 16.3. The minimum atomic E-state index is -4.56. The fraction of sp³-hybridized carbons (Fsp3) is 0.222. The van der Waals surface area contributed by atoms with E-state index in [1.807, 2.05) is 0 Å². The molecule has 1 heterocycles. The topological polar surface area (TPSA) is 41.6 Å². The fourth-order valence-corrected chi connectivity index (χ4v) is 4.34. The minimum absolute atomic E-state index is 0.231. The number of ether oxygens (including phenoxy) is 1. The summed E-state index contributed by atoms with van der Waals surface area (Å²) in [4.78, 5) is 15.5. The maximum atomic E-state index is 14.2. The molecule has 0 fully saturated rings. The van der Waals surface area contributed by atoms with Gasteiger partial charge in [0.2, 0.25) is 0 Å². The van der Waals surface area contributed by atoms with E-state index in [9.17, 15) is 18.0 Å². The summed E-state index contributed by atoms with van der Waals surface area (Å²) < 4.78 is 47.8. The highest BCUT2D eigenvalue weighted by Crippen LogP contribution is 2.45. The number of methoxy groups -OCH3 is 1. The predicted molar refractivity (Wildman–Crippen MR) is 126 cm³/mol. The Labute approximate surface area is 196 Å². The van der Waals surface area contributed by atoms with Crippen LogP contribution >= 0.6 is 0 Å². The lowest BCUT2D eigenvalue weighted by Crippen LogP contribution is -2.33. The summed E-state index contributed by atoms with van der Waals surface area (Å²) in [5, 5.41) is 3.16. The molecule has 4 rings (SSSR count). The summed E-state index contributed by atoms with van der Waals surface area (Å²) in [7, 11) is 3.12. The number of nitrogens with one attached hydrogen (secondary N) is 1. The van der Waals surface area contributed by atoms with Gasteiger partial charge in [-0.25, -0.2) is 0 Å². The molecule has 0 bridgehead atoms. The summed E-state index contributed by atoms with van der Waals surface area (Å²) in [5.74, 6) is -1.93. The number of hydrogen-bond donors (Lipinski definition) is 1. The number of hydrogen-bond acceptors (Lipinski definition) is 4. The number of benzene rings is 3. The normalized spacial score (nSPS) is 17.0. The predicted octanol–water partition coefficient (Wildman–Crippen LogP) is 5.95. The highest BCUT2D eigenvalue weighted by molar-refractivity contribution is 6.08. The van der Waals surface area contributed by atoms with E-state index in [1.54, 1.807) is 92.0 Å². The molecule has 176 valence electrons. The molecule has 3 aromatic rings. The van der Waals surface area contributed by atoms with Crippen LogP contribution in [0.5, 0.6) is 5.75 Å². The van der Waals surface area contributed by atoms with Crippen LogP contribution in [0.2, 0.25) is 0 Å². The monoisotopic (exact) mass is 466 g/mol. The first-order valence-corrected chi connectivity index (χ1v) is 10.9. The van der Waals surface area contributed by atoms with E-state index in [1.165, 1.54) is 12.0 Å². The molecule has 34 heavy (non-hydrogen) atoms. The molecule has 0 spiro atoms. The van der Waals surface area contributed by atoms with Gasteiger partial charge in [-0.2, -0.15) is 13.2 Å². The van der Waals surface area contributed by atoms with Crippen LogP contribution in [0.3, 0.4) is 0 Å². The quantitative estimate of drug-likeness (QED) is 0.467. The second-order valence-electron chi connectivity index (χ2n) is 8.19. The number of carbonyl (C=O) groups is 1. The van der Waals surface area contributed by atoms with Crippen LogP contribution < -0.4 is 10.1 Å². The standard InChI is InChI=1S/C27H25F3N2O2/c1-32-17-22(27(28,29)30)23(25(32)19-12-7-4-8-13-19)26(33)24(18-10-5-3-6-11-18)31-20-14-9-15-21(16-20)34-2/h3-16,22,24,31H,17H2,1-2H3. The van der Waals surface area contributed by atoms with Crippen molar-refractivity contribution in [2.24, 2.45) is 5.92 Å². The van der Waals surface area contributed by atoms with Gasteiger partial charge in [-0.15, -0.1) is 0 Å². The number of nitrogens with zero attached hydrogens (tertiary/aromatic N) is 1. The molecule has 4 nitrogen and oxygen atoms in total. The molecule has 0 saturated carbocycles. The van der Waals surface area contributed by atoms with Crippen molar-refractivity contribution in [1.29, 1.82) is 0 Å². The number of carbonyl (C=O) groups excluding carboxylic acids is 1. The SMILES string of the molecule is COc1cccc(NC(C(=O)C2=C(c3ccccc3)N(C)CC2C(F)(F)F)c2ccccc2)c1. The van der Waals surface area contributed by atoms with Crippen molar-refractivity contribution in [2.75, 3.05) is 26.0 Å². The fourth-order valence-electron chi connectivity index (χ4n) is 4.34. The van der Waals surface area contributed by atoms with Crippen molar-refractivity contribution in [3.63, 3.8) is 0 Å². The number of Topliss-reactive ketones (excluding diaryl/α,β-unsaturated/α-hetero) is 1. The maximum absolute atomic E-state index is 14.2. The average molecular weight is 467 g/mol. The Morgan fingerprint density at radius 3 is 2.26 bits per heavy atom. The Morgan fingerprint density at radius 2 is 1.65 bits per heavy atom. The van der Waals surface area contributed by atoms with Crippen LogP contribution in [0, 0.1) is 5.92 Å². The van der Waals surface area contributed by atoms with Gasteiger partial charge in [-0.3, -0.25) is 4.79 Å². The van der Waals surface area contributed by atoms with Crippen molar-refractivity contribution in [3.05, 3.63) is 102 Å². The van der Waals surface area contributed by atoms with Crippen LogP contribution in [0.15, 0.2) is 90.5 Å². The Balaban J connectivity index is 1.85. The van der Waals surface area contributed by atoms with Crippen LogP contribution in [0.25, 0.3) is 5.70 Å². The molecule has 0 radical (unpaired) electrons. The highest BCUT2D eigenvalue weighted by Gasteiger charge is 2.51. The second kappa shape index (κ2) is 9.63. The zero-order chi connectivity index (χ0) is 24.3. The summed E-state index contributed by atoms with van der Waals surface area (Å²) in [5.41, 5.74) is 1.80. The molecular formula is C27H25F3N2O2. The van der Waals surface area contributed by atoms with Crippen LogP contribution in [-0.2, 0) is 4.79 Å². The van der Waals surface area contributed by atoms with Gasteiger partial charge in [0.1, 0.15) is 17.7 Å². The Morgan fingerprint density at radius 1 is 1.00 bits per heavy atom. The third kappa shape index (κ3) is 4.78.